The monoisotopic (exact) mass is 587 g/mol. The number of rotatable bonds is 5. The van der Waals surface area contributed by atoms with Gasteiger partial charge in [-0.25, -0.2) is 0 Å². The van der Waals surface area contributed by atoms with Crippen molar-refractivity contribution >= 4 is 60.3 Å². The summed E-state index contributed by atoms with van der Waals surface area (Å²) in [6, 6.07) is 62.8. The molecule has 0 amide bonds. The Morgan fingerprint density at radius 3 is 1.78 bits per heavy atom. The molecule has 9 aromatic rings. The lowest BCUT2D eigenvalue weighted by Crippen LogP contribution is -2.11. The van der Waals surface area contributed by atoms with Crippen LogP contribution in [0, 0.1) is 0 Å². The Kier molecular flexibility index (Phi) is 6.17. The van der Waals surface area contributed by atoms with E-state index < -0.39 is 0 Å². The summed E-state index contributed by atoms with van der Waals surface area (Å²) in [6.07, 6.45) is 0. The SMILES string of the molecule is c1ccc(-c2cc3ccccc3o2)c(-c2ccc(N(c3cccc4ccccc34)c3cc4ccccc4c4ccccc34)cc2)c1. The van der Waals surface area contributed by atoms with Gasteiger partial charge in [-0.15, -0.1) is 0 Å². The largest absolute Gasteiger partial charge is 0.456 e. The zero-order valence-corrected chi connectivity index (χ0v) is 25.1. The smallest absolute Gasteiger partial charge is 0.136 e. The molecule has 46 heavy (non-hydrogen) atoms. The second kappa shape index (κ2) is 10.8. The van der Waals surface area contributed by atoms with Crippen LogP contribution < -0.4 is 4.90 Å². The van der Waals surface area contributed by atoms with Crippen molar-refractivity contribution in [2.24, 2.45) is 0 Å². The van der Waals surface area contributed by atoms with Crippen molar-refractivity contribution < 1.29 is 4.42 Å². The molecule has 0 saturated heterocycles. The minimum Gasteiger partial charge on any atom is -0.456 e. The molecule has 1 heterocycles. The predicted molar refractivity (Wildman–Crippen MR) is 194 cm³/mol. The van der Waals surface area contributed by atoms with Gasteiger partial charge in [0.15, 0.2) is 0 Å². The number of para-hydroxylation sites is 1. The maximum atomic E-state index is 6.30. The van der Waals surface area contributed by atoms with Crippen molar-refractivity contribution in [1.29, 1.82) is 0 Å². The van der Waals surface area contributed by atoms with Crippen molar-refractivity contribution in [3.63, 3.8) is 0 Å². The molecule has 0 atom stereocenters. The van der Waals surface area contributed by atoms with Crippen LogP contribution >= 0.6 is 0 Å². The highest BCUT2D eigenvalue weighted by Gasteiger charge is 2.20. The molecule has 0 fully saturated rings. The molecule has 0 aliphatic rings. The highest BCUT2D eigenvalue weighted by molar-refractivity contribution is 6.15. The van der Waals surface area contributed by atoms with Crippen LogP contribution in [-0.2, 0) is 0 Å². The summed E-state index contributed by atoms with van der Waals surface area (Å²) in [6.45, 7) is 0. The minimum absolute atomic E-state index is 0.876. The van der Waals surface area contributed by atoms with Gasteiger partial charge < -0.3 is 9.32 Å². The van der Waals surface area contributed by atoms with E-state index >= 15 is 0 Å². The summed E-state index contributed by atoms with van der Waals surface area (Å²) in [5.74, 6) is 0.876. The quantitative estimate of drug-likeness (QED) is 0.186. The maximum absolute atomic E-state index is 6.30. The molecule has 9 rings (SSSR count). The lowest BCUT2D eigenvalue weighted by Gasteiger charge is -2.29. The molecule has 2 heteroatoms. The average molecular weight is 588 g/mol. The Hall–Kier alpha value is -6.12. The van der Waals surface area contributed by atoms with Crippen LogP contribution in [0.25, 0.3) is 65.7 Å². The number of anilines is 3. The fourth-order valence-corrected chi connectivity index (χ4v) is 6.89. The van der Waals surface area contributed by atoms with Gasteiger partial charge in [-0.05, 0) is 69.1 Å². The van der Waals surface area contributed by atoms with Crippen LogP contribution in [0.4, 0.5) is 17.1 Å². The molecule has 0 aliphatic carbocycles. The molecule has 0 unspecified atom stereocenters. The summed E-state index contributed by atoms with van der Waals surface area (Å²) < 4.78 is 6.30. The van der Waals surface area contributed by atoms with Gasteiger partial charge in [-0.2, -0.15) is 0 Å². The first-order valence-electron chi connectivity index (χ1n) is 15.7. The van der Waals surface area contributed by atoms with Crippen LogP contribution in [0.15, 0.2) is 180 Å². The van der Waals surface area contributed by atoms with Crippen LogP contribution in [0.1, 0.15) is 0 Å². The molecule has 0 N–H and O–H groups in total. The van der Waals surface area contributed by atoms with E-state index in [1.807, 2.05) is 18.2 Å². The van der Waals surface area contributed by atoms with E-state index in [1.54, 1.807) is 0 Å². The van der Waals surface area contributed by atoms with Gasteiger partial charge in [0.1, 0.15) is 11.3 Å². The van der Waals surface area contributed by atoms with E-state index in [9.17, 15) is 0 Å². The van der Waals surface area contributed by atoms with Gasteiger partial charge >= 0.3 is 0 Å². The van der Waals surface area contributed by atoms with Gasteiger partial charge in [0.05, 0.1) is 11.4 Å². The van der Waals surface area contributed by atoms with E-state index in [-0.39, 0.29) is 0 Å². The third-order valence-corrected chi connectivity index (χ3v) is 9.05. The summed E-state index contributed by atoms with van der Waals surface area (Å²) in [5.41, 5.74) is 7.66. The van der Waals surface area contributed by atoms with Crippen LogP contribution in [0.3, 0.4) is 0 Å². The van der Waals surface area contributed by atoms with E-state index in [1.165, 1.54) is 32.3 Å². The Morgan fingerprint density at radius 1 is 0.370 bits per heavy atom. The summed E-state index contributed by atoms with van der Waals surface area (Å²) in [4.78, 5) is 2.42. The molecule has 1 aromatic heterocycles. The van der Waals surface area contributed by atoms with Gasteiger partial charge in [0.25, 0.3) is 0 Å². The number of nitrogens with zero attached hydrogens (tertiary/aromatic N) is 1. The number of benzene rings is 8. The standard InChI is InChI=1S/C44H29NO/c1-5-18-37-30(12-1)15-11-22-41(37)45(42-28-32-13-2-4-17-36(32)38-19-7-8-20-39(38)42)34-26-24-31(25-27-34)35-16-6-9-21-40(35)44-29-33-14-3-10-23-43(33)46-44/h1-29H. The first kappa shape index (κ1) is 26.3. The molecule has 0 radical (unpaired) electrons. The van der Waals surface area contributed by atoms with E-state index in [2.05, 4.69) is 163 Å². The van der Waals surface area contributed by atoms with Crippen molar-refractivity contribution in [1.82, 2.24) is 0 Å². The summed E-state index contributed by atoms with van der Waals surface area (Å²) in [7, 11) is 0. The van der Waals surface area contributed by atoms with Crippen molar-refractivity contribution in [2.75, 3.05) is 4.90 Å². The molecule has 2 nitrogen and oxygen atoms in total. The third kappa shape index (κ3) is 4.35. The summed E-state index contributed by atoms with van der Waals surface area (Å²) in [5, 5.41) is 8.48. The summed E-state index contributed by atoms with van der Waals surface area (Å²) >= 11 is 0. The number of hydrogen-bond acceptors (Lipinski definition) is 2. The minimum atomic E-state index is 0.876. The van der Waals surface area contributed by atoms with Crippen molar-refractivity contribution in [3.8, 4) is 22.5 Å². The van der Waals surface area contributed by atoms with E-state index in [0.29, 0.717) is 0 Å². The van der Waals surface area contributed by atoms with E-state index in [4.69, 9.17) is 4.42 Å². The molecule has 216 valence electrons. The highest BCUT2D eigenvalue weighted by Crippen LogP contribution is 2.45. The lowest BCUT2D eigenvalue weighted by atomic mass is 9.96. The topological polar surface area (TPSA) is 16.4 Å². The van der Waals surface area contributed by atoms with Crippen LogP contribution in [0.2, 0.25) is 0 Å². The lowest BCUT2D eigenvalue weighted by molar-refractivity contribution is 0.632. The molecular formula is C44H29NO. The third-order valence-electron chi connectivity index (χ3n) is 9.05. The Labute approximate surface area is 267 Å². The highest BCUT2D eigenvalue weighted by atomic mass is 16.3. The molecule has 0 bridgehead atoms. The van der Waals surface area contributed by atoms with Gasteiger partial charge in [0, 0.05) is 27.4 Å². The first-order chi connectivity index (χ1) is 22.8. The Morgan fingerprint density at radius 2 is 0.978 bits per heavy atom. The second-order valence-electron chi connectivity index (χ2n) is 11.7. The maximum Gasteiger partial charge on any atom is 0.136 e. The first-order valence-corrected chi connectivity index (χ1v) is 15.7. The van der Waals surface area contributed by atoms with Gasteiger partial charge in [-0.3, -0.25) is 0 Å². The van der Waals surface area contributed by atoms with Gasteiger partial charge in [0.2, 0.25) is 0 Å². The fourth-order valence-electron chi connectivity index (χ4n) is 6.89. The average Bonchev–Trinajstić information content (AvgIpc) is 3.57. The zero-order chi connectivity index (χ0) is 30.5. The molecule has 0 spiro atoms. The molecular weight excluding hydrogens is 558 g/mol. The number of hydrogen-bond donors (Lipinski definition) is 0. The number of fused-ring (bicyclic) bond motifs is 5. The zero-order valence-electron chi connectivity index (χ0n) is 25.1. The number of furan rings is 1. The molecule has 8 aromatic carbocycles. The van der Waals surface area contributed by atoms with Gasteiger partial charge in [-0.1, -0.05) is 140 Å². The van der Waals surface area contributed by atoms with Crippen molar-refractivity contribution in [3.05, 3.63) is 176 Å². The molecule has 0 aliphatic heterocycles. The second-order valence-corrected chi connectivity index (χ2v) is 11.7. The molecule has 0 saturated carbocycles. The Balaban J connectivity index is 1.24. The van der Waals surface area contributed by atoms with Crippen LogP contribution in [0.5, 0.6) is 0 Å². The van der Waals surface area contributed by atoms with Crippen LogP contribution in [-0.4, -0.2) is 0 Å². The Bertz CT molecular complexity index is 2500. The van der Waals surface area contributed by atoms with Crippen molar-refractivity contribution in [2.45, 2.75) is 0 Å². The predicted octanol–water partition coefficient (Wildman–Crippen LogP) is 12.7. The van der Waals surface area contributed by atoms with E-state index in [0.717, 1.165) is 50.5 Å². The fraction of sp³-hybridized carbons (Fsp3) is 0. The normalized spacial score (nSPS) is 11.5.